The van der Waals surface area contributed by atoms with Gasteiger partial charge in [-0.2, -0.15) is 0 Å². The summed E-state index contributed by atoms with van der Waals surface area (Å²) in [6, 6.07) is 8.71. The smallest absolute Gasteiger partial charge is 0.191 e. The quantitative estimate of drug-likeness (QED) is 0.474. The van der Waals surface area contributed by atoms with E-state index >= 15 is 0 Å². The summed E-state index contributed by atoms with van der Waals surface area (Å²) in [5.41, 5.74) is 3.54. The van der Waals surface area contributed by atoms with Gasteiger partial charge in [0.25, 0.3) is 0 Å². The van der Waals surface area contributed by atoms with E-state index in [0.29, 0.717) is 6.54 Å². The van der Waals surface area contributed by atoms with Gasteiger partial charge in [0.2, 0.25) is 0 Å². The largest absolute Gasteiger partial charge is 0.393 e. The number of aromatic nitrogens is 1. The number of hydrogen-bond donors (Lipinski definition) is 3. The third kappa shape index (κ3) is 6.69. The molecule has 8 heteroatoms. The Morgan fingerprint density at radius 1 is 1.17 bits per heavy atom. The van der Waals surface area contributed by atoms with Crippen LogP contribution in [-0.4, -0.2) is 61.3 Å². The van der Waals surface area contributed by atoms with E-state index in [4.69, 9.17) is 0 Å². The van der Waals surface area contributed by atoms with Crippen molar-refractivity contribution in [1.29, 1.82) is 0 Å². The first kappa shape index (κ1) is 21.5. The second-order valence-corrected chi connectivity index (χ2v) is 8.46. The third-order valence-electron chi connectivity index (χ3n) is 5.03. The maximum atomic E-state index is 9.63. The normalized spacial score (nSPS) is 16.1. The summed E-state index contributed by atoms with van der Waals surface area (Å²) < 4.78 is 0. The van der Waals surface area contributed by atoms with Gasteiger partial charge >= 0.3 is 0 Å². The van der Waals surface area contributed by atoms with E-state index in [1.165, 1.54) is 11.1 Å². The molecule has 1 fully saturated rings. The molecule has 0 saturated carbocycles. The zero-order valence-corrected chi connectivity index (χ0v) is 18.4. The molecule has 0 spiro atoms. The van der Waals surface area contributed by atoms with E-state index in [2.05, 4.69) is 55.2 Å². The Hall–Kier alpha value is -2.16. The van der Waals surface area contributed by atoms with Crippen LogP contribution < -0.4 is 15.5 Å². The van der Waals surface area contributed by atoms with Crippen molar-refractivity contribution in [3.05, 3.63) is 46.5 Å². The molecule has 158 valence electrons. The molecule has 0 unspecified atom stereocenters. The highest BCUT2D eigenvalue weighted by molar-refractivity contribution is 7.13. The molecule has 2 heterocycles. The fourth-order valence-electron chi connectivity index (χ4n) is 3.26. The van der Waals surface area contributed by atoms with Crippen LogP contribution in [0.4, 0.5) is 5.13 Å². The Morgan fingerprint density at radius 2 is 1.83 bits per heavy atom. The van der Waals surface area contributed by atoms with Crippen LogP contribution in [0.3, 0.4) is 0 Å². The first-order chi connectivity index (χ1) is 14.0. The fourth-order valence-corrected chi connectivity index (χ4v) is 4.02. The molecule has 29 heavy (non-hydrogen) atoms. The van der Waals surface area contributed by atoms with Crippen molar-refractivity contribution in [2.45, 2.75) is 38.6 Å². The summed E-state index contributed by atoms with van der Waals surface area (Å²) >= 11 is 1.64. The minimum atomic E-state index is -0.117. The van der Waals surface area contributed by atoms with Crippen LogP contribution in [0.5, 0.6) is 0 Å². The number of anilines is 1. The first-order valence-electron chi connectivity index (χ1n) is 10.1. The van der Waals surface area contributed by atoms with Gasteiger partial charge in [0.1, 0.15) is 0 Å². The lowest BCUT2D eigenvalue weighted by Crippen LogP contribution is -2.36. The first-order valence-corrected chi connectivity index (χ1v) is 11.0. The van der Waals surface area contributed by atoms with Crippen molar-refractivity contribution in [3.63, 3.8) is 0 Å². The van der Waals surface area contributed by atoms with E-state index in [1.807, 2.05) is 19.0 Å². The highest BCUT2D eigenvalue weighted by Gasteiger charge is 2.16. The maximum absolute atomic E-state index is 9.63. The van der Waals surface area contributed by atoms with E-state index in [1.54, 1.807) is 18.4 Å². The monoisotopic (exact) mass is 416 g/mol. The Kier molecular flexibility index (Phi) is 7.85. The van der Waals surface area contributed by atoms with Gasteiger partial charge in [-0.25, -0.2) is 4.98 Å². The highest BCUT2D eigenvalue weighted by Crippen LogP contribution is 2.17. The summed E-state index contributed by atoms with van der Waals surface area (Å²) in [6.45, 7) is 4.26. The molecule has 2 aromatic rings. The maximum Gasteiger partial charge on any atom is 0.191 e. The van der Waals surface area contributed by atoms with Crippen molar-refractivity contribution in [2.75, 3.05) is 39.1 Å². The van der Waals surface area contributed by atoms with E-state index in [9.17, 15) is 5.11 Å². The number of thiazole rings is 1. The molecule has 1 aromatic heterocycles. The van der Waals surface area contributed by atoms with Crippen LogP contribution in [0.1, 0.15) is 29.7 Å². The molecule has 1 aromatic carbocycles. The van der Waals surface area contributed by atoms with Crippen molar-refractivity contribution in [1.82, 2.24) is 20.5 Å². The van der Waals surface area contributed by atoms with Gasteiger partial charge in [-0.15, -0.1) is 11.3 Å². The standard InChI is InChI=1S/C21H32N6OS/c1-22-20(24-13-18-15-29-21(25-18)26(2)3)23-12-16-4-6-17(7-5-16)14-27-10-8-19(28)9-11-27/h4-7,15,19,28H,8-14H2,1-3H3,(H2,22,23,24). The molecule has 3 rings (SSSR count). The van der Waals surface area contributed by atoms with Gasteiger partial charge in [0.05, 0.1) is 18.3 Å². The lowest BCUT2D eigenvalue weighted by atomic mass is 10.1. The number of aliphatic hydroxyl groups excluding tert-OH is 1. The number of likely N-dealkylation sites (tertiary alicyclic amines) is 1. The van der Waals surface area contributed by atoms with E-state index in [0.717, 1.165) is 55.8 Å². The second-order valence-electron chi connectivity index (χ2n) is 7.62. The van der Waals surface area contributed by atoms with Crippen molar-refractivity contribution in [2.24, 2.45) is 4.99 Å². The molecule has 3 N–H and O–H groups in total. The highest BCUT2D eigenvalue weighted by atomic mass is 32.1. The number of aliphatic imine (C=N–C) groups is 1. The number of guanidine groups is 1. The Morgan fingerprint density at radius 3 is 2.45 bits per heavy atom. The number of piperidine rings is 1. The van der Waals surface area contributed by atoms with Crippen LogP contribution in [0.15, 0.2) is 34.6 Å². The topological polar surface area (TPSA) is 76.0 Å². The zero-order valence-electron chi connectivity index (χ0n) is 17.6. The van der Waals surface area contributed by atoms with Crippen molar-refractivity contribution in [3.8, 4) is 0 Å². The number of aliphatic hydroxyl groups is 1. The molecule has 1 aliphatic heterocycles. The van der Waals surface area contributed by atoms with Gasteiger partial charge in [0.15, 0.2) is 11.1 Å². The summed E-state index contributed by atoms with van der Waals surface area (Å²) in [5.74, 6) is 0.764. The SMILES string of the molecule is CN=C(NCc1ccc(CN2CCC(O)CC2)cc1)NCc1csc(N(C)C)n1. The summed E-state index contributed by atoms with van der Waals surface area (Å²) in [6.07, 6.45) is 1.64. The third-order valence-corrected chi connectivity index (χ3v) is 6.09. The van der Waals surface area contributed by atoms with Gasteiger partial charge < -0.3 is 20.6 Å². The molecular weight excluding hydrogens is 384 g/mol. The Bertz CT molecular complexity index is 781. The van der Waals surface area contributed by atoms with Crippen LogP contribution in [-0.2, 0) is 19.6 Å². The van der Waals surface area contributed by atoms with Gasteiger partial charge in [0, 0.05) is 52.7 Å². The lowest BCUT2D eigenvalue weighted by Gasteiger charge is -2.29. The molecule has 0 radical (unpaired) electrons. The summed E-state index contributed by atoms with van der Waals surface area (Å²) in [4.78, 5) is 13.3. The van der Waals surface area contributed by atoms with Crippen molar-refractivity contribution >= 4 is 22.4 Å². The molecular formula is C21H32N6OS. The molecule has 0 bridgehead atoms. The van der Waals surface area contributed by atoms with Crippen molar-refractivity contribution < 1.29 is 5.11 Å². The number of benzene rings is 1. The Balaban J connectivity index is 1.43. The summed E-state index contributed by atoms with van der Waals surface area (Å²) in [7, 11) is 5.78. The van der Waals surface area contributed by atoms with Gasteiger partial charge in [-0.3, -0.25) is 9.89 Å². The zero-order chi connectivity index (χ0) is 20.6. The van der Waals surface area contributed by atoms with Crippen LogP contribution in [0, 0.1) is 0 Å². The molecule has 1 aliphatic rings. The second kappa shape index (κ2) is 10.6. The average molecular weight is 417 g/mol. The van der Waals surface area contributed by atoms with Crippen LogP contribution >= 0.6 is 11.3 Å². The number of hydrogen-bond acceptors (Lipinski definition) is 6. The lowest BCUT2D eigenvalue weighted by molar-refractivity contribution is 0.0792. The number of nitrogens with zero attached hydrogens (tertiary/aromatic N) is 4. The van der Waals surface area contributed by atoms with Gasteiger partial charge in [-0.1, -0.05) is 24.3 Å². The summed E-state index contributed by atoms with van der Waals surface area (Å²) in [5, 5.41) is 19.4. The van der Waals surface area contributed by atoms with E-state index in [-0.39, 0.29) is 6.10 Å². The predicted molar refractivity (Wildman–Crippen MR) is 120 cm³/mol. The molecule has 7 nitrogen and oxygen atoms in total. The predicted octanol–water partition coefficient (Wildman–Crippen LogP) is 2.03. The molecule has 0 amide bonds. The number of nitrogens with one attached hydrogen (secondary N) is 2. The van der Waals surface area contributed by atoms with Gasteiger partial charge in [-0.05, 0) is 24.0 Å². The minimum absolute atomic E-state index is 0.117. The average Bonchev–Trinajstić information content (AvgIpc) is 3.20. The van der Waals surface area contributed by atoms with Crippen LogP contribution in [0.2, 0.25) is 0 Å². The minimum Gasteiger partial charge on any atom is -0.393 e. The Labute approximate surface area is 177 Å². The molecule has 0 aliphatic carbocycles. The van der Waals surface area contributed by atoms with E-state index < -0.39 is 0 Å². The number of rotatable bonds is 7. The molecule has 0 atom stereocenters. The van der Waals surface area contributed by atoms with Crippen LogP contribution in [0.25, 0.3) is 0 Å². The fraction of sp³-hybridized carbons (Fsp3) is 0.524. The molecule has 1 saturated heterocycles.